The molecule has 0 aliphatic rings. The summed E-state index contributed by atoms with van der Waals surface area (Å²) in [7, 11) is 0. The molecule has 5 rings (SSSR count). The van der Waals surface area contributed by atoms with Crippen LogP contribution in [0.15, 0.2) is 59.9 Å². The fraction of sp³-hybridized carbons (Fsp3) is 0.0952. The van der Waals surface area contributed by atoms with Crippen LogP contribution in [0.1, 0.15) is 18.8 Å². The third-order valence-corrected chi connectivity index (χ3v) is 5.30. The summed E-state index contributed by atoms with van der Waals surface area (Å²) in [4.78, 5) is 33.7. The summed E-state index contributed by atoms with van der Waals surface area (Å²) in [6, 6.07) is 11.2. The van der Waals surface area contributed by atoms with Gasteiger partial charge in [-0.15, -0.1) is 0 Å². The average molecular weight is 436 g/mol. The van der Waals surface area contributed by atoms with Crippen LogP contribution in [0.25, 0.3) is 27.8 Å². The van der Waals surface area contributed by atoms with Crippen molar-refractivity contribution in [1.29, 1.82) is 0 Å². The number of halogens is 2. The summed E-state index contributed by atoms with van der Waals surface area (Å²) < 4.78 is 15.5. The van der Waals surface area contributed by atoms with Crippen molar-refractivity contribution in [2.75, 3.05) is 5.32 Å². The molecule has 0 bridgehead atoms. The van der Waals surface area contributed by atoms with Crippen LogP contribution >= 0.6 is 11.6 Å². The van der Waals surface area contributed by atoms with Gasteiger partial charge in [-0.2, -0.15) is 0 Å². The lowest BCUT2D eigenvalue weighted by Crippen LogP contribution is -2.27. The Labute approximate surface area is 179 Å². The number of hydrogen-bond acceptors (Lipinski definition) is 6. The smallest absolute Gasteiger partial charge is 0.267 e. The van der Waals surface area contributed by atoms with Crippen LogP contribution in [0.4, 0.5) is 10.2 Å². The summed E-state index contributed by atoms with van der Waals surface area (Å²) in [5.74, 6) is 0.229. The molecule has 0 aliphatic heterocycles. The van der Waals surface area contributed by atoms with E-state index in [2.05, 4.69) is 30.2 Å². The molecular weight excluding hydrogens is 421 g/mol. The van der Waals surface area contributed by atoms with Gasteiger partial charge in [-0.3, -0.25) is 9.36 Å². The van der Waals surface area contributed by atoms with Gasteiger partial charge in [0.05, 0.1) is 34.0 Å². The SMILES string of the molecule is CC(Nc1ncnc2[nH]cnc12)c1nc2ccc(F)c(Cl)c2c(=O)n1-c1ccccc1. The van der Waals surface area contributed by atoms with Gasteiger partial charge < -0.3 is 10.3 Å². The predicted octanol–water partition coefficient (Wildman–Crippen LogP) is 4.02. The first-order valence-electron chi connectivity index (χ1n) is 9.41. The molecule has 10 heteroatoms. The second-order valence-corrected chi connectivity index (χ2v) is 7.27. The highest BCUT2D eigenvalue weighted by molar-refractivity contribution is 6.35. The summed E-state index contributed by atoms with van der Waals surface area (Å²) in [6.07, 6.45) is 2.94. The molecule has 2 aromatic carbocycles. The van der Waals surface area contributed by atoms with Crippen LogP contribution in [-0.4, -0.2) is 29.5 Å². The number of nitrogens with one attached hydrogen (secondary N) is 2. The van der Waals surface area contributed by atoms with E-state index in [-0.39, 0.29) is 10.4 Å². The molecule has 0 radical (unpaired) electrons. The summed E-state index contributed by atoms with van der Waals surface area (Å²) in [5, 5.41) is 3.03. The monoisotopic (exact) mass is 435 g/mol. The highest BCUT2D eigenvalue weighted by Crippen LogP contribution is 2.27. The van der Waals surface area contributed by atoms with Crippen LogP contribution < -0.4 is 10.9 Å². The van der Waals surface area contributed by atoms with E-state index < -0.39 is 17.4 Å². The number of rotatable bonds is 4. The molecule has 2 N–H and O–H groups in total. The molecule has 1 unspecified atom stereocenters. The molecule has 5 aromatic rings. The van der Waals surface area contributed by atoms with Crippen molar-refractivity contribution in [3.63, 3.8) is 0 Å². The second-order valence-electron chi connectivity index (χ2n) is 6.89. The Balaban J connectivity index is 1.73. The number of anilines is 1. The van der Waals surface area contributed by atoms with Gasteiger partial charge in [-0.05, 0) is 31.2 Å². The largest absolute Gasteiger partial charge is 0.358 e. The minimum absolute atomic E-state index is 0.0261. The van der Waals surface area contributed by atoms with Gasteiger partial charge in [-0.1, -0.05) is 29.8 Å². The van der Waals surface area contributed by atoms with E-state index in [0.29, 0.717) is 34.0 Å². The maximum atomic E-state index is 14.1. The Hall–Kier alpha value is -3.85. The predicted molar refractivity (Wildman–Crippen MR) is 116 cm³/mol. The zero-order valence-corrected chi connectivity index (χ0v) is 16.9. The van der Waals surface area contributed by atoms with Crippen molar-refractivity contribution in [1.82, 2.24) is 29.5 Å². The Morgan fingerprint density at radius 2 is 1.94 bits per heavy atom. The first-order chi connectivity index (χ1) is 15.0. The average Bonchev–Trinajstić information content (AvgIpc) is 3.26. The molecule has 0 amide bonds. The van der Waals surface area contributed by atoms with E-state index in [1.165, 1.54) is 29.4 Å². The number of para-hydroxylation sites is 1. The van der Waals surface area contributed by atoms with E-state index in [1.54, 1.807) is 24.3 Å². The molecule has 3 aromatic heterocycles. The minimum atomic E-state index is -0.673. The van der Waals surface area contributed by atoms with Crippen LogP contribution in [0.5, 0.6) is 0 Å². The third kappa shape index (κ3) is 3.19. The van der Waals surface area contributed by atoms with Gasteiger partial charge in [0.15, 0.2) is 11.5 Å². The first kappa shape index (κ1) is 19.1. The zero-order chi connectivity index (χ0) is 21.5. The lowest BCUT2D eigenvalue weighted by molar-refractivity contribution is 0.629. The number of imidazole rings is 1. The highest BCUT2D eigenvalue weighted by atomic mass is 35.5. The van der Waals surface area contributed by atoms with E-state index >= 15 is 0 Å². The molecule has 0 fully saturated rings. The van der Waals surface area contributed by atoms with Crippen molar-refractivity contribution in [3.8, 4) is 5.69 Å². The van der Waals surface area contributed by atoms with Gasteiger partial charge >= 0.3 is 0 Å². The highest BCUT2D eigenvalue weighted by Gasteiger charge is 2.21. The number of H-pyrrole nitrogens is 1. The Bertz CT molecular complexity index is 1480. The van der Waals surface area contributed by atoms with Crippen molar-refractivity contribution in [3.05, 3.63) is 82.1 Å². The maximum Gasteiger partial charge on any atom is 0.267 e. The molecule has 0 saturated carbocycles. The lowest BCUT2D eigenvalue weighted by Gasteiger charge is -2.20. The summed E-state index contributed by atoms with van der Waals surface area (Å²) in [6.45, 7) is 1.85. The number of aromatic nitrogens is 6. The van der Waals surface area contributed by atoms with E-state index in [1.807, 2.05) is 13.0 Å². The minimum Gasteiger partial charge on any atom is -0.358 e. The molecule has 1 atom stereocenters. The van der Waals surface area contributed by atoms with E-state index in [0.717, 1.165) is 0 Å². The van der Waals surface area contributed by atoms with Crippen molar-refractivity contribution >= 4 is 39.5 Å². The van der Waals surface area contributed by atoms with Gasteiger partial charge in [0.25, 0.3) is 5.56 Å². The van der Waals surface area contributed by atoms with Crippen LogP contribution in [-0.2, 0) is 0 Å². The van der Waals surface area contributed by atoms with Crippen molar-refractivity contribution < 1.29 is 4.39 Å². The first-order valence-corrected chi connectivity index (χ1v) is 9.79. The van der Waals surface area contributed by atoms with Crippen LogP contribution in [0, 0.1) is 5.82 Å². The quantitative estimate of drug-likeness (QED) is 0.442. The Morgan fingerprint density at radius 1 is 1.13 bits per heavy atom. The molecule has 0 aliphatic carbocycles. The molecule has 0 saturated heterocycles. The van der Waals surface area contributed by atoms with Gasteiger partial charge in [-0.25, -0.2) is 24.3 Å². The van der Waals surface area contributed by atoms with Gasteiger partial charge in [0, 0.05) is 0 Å². The molecule has 31 heavy (non-hydrogen) atoms. The molecule has 8 nitrogen and oxygen atoms in total. The molecular formula is C21H15ClFN7O. The number of fused-ring (bicyclic) bond motifs is 2. The Morgan fingerprint density at radius 3 is 2.74 bits per heavy atom. The lowest BCUT2D eigenvalue weighted by atomic mass is 10.2. The number of aromatic amines is 1. The zero-order valence-electron chi connectivity index (χ0n) is 16.2. The fourth-order valence-electron chi connectivity index (χ4n) is 3.48. The van der Waals surface area contributed by atoms with E-state index in [9.17, 15) is 9.18 Å². The van der Waals surface area contributed by atoms with Crippen molar-refractivity contribution in [2.24, 2.45) is 0 Å². The summed E-state index contributed by atoms with van der Waals surface area (Å²) in [5.41, 5.74) is 1.57. The molecule has 3 heterocycles. The molecule has 154 valence electrons. The summed E-state index contributed by atoms with van der Waals surface area (Å²) >= 11 is 6.13. The maximum absolute atomic E-state index is 14.1. The number of hydrogen-bond donors (Lipinski definition) is 2. The third-order valence-electron chi connectivity index (χ3n) is 4.93. The van der Waals surface area contributed by atoms with Gasteiger partial charge in [0.1, 0.15) is 23.5 Å². The Kier molecular flexibility index (Phi) is 4.59. The van der Waals surface area contributed by atoms with Crippen LogP contribution in [0.2, 0.25) is 5.02 Å². The standard InChI is InChI=1S/C21H15ClFN7O/c1-11(28-19-17-18(25-9-24-17)26-10-27-19)20-29-14-8-7-13(23)16(22)15(14)21(31)30(20)12-5-3-2-4-6-12/h2-11H,1H3,(H2,24,25,26,27,28). The number of benzene rings is 2. The second kappa shape index (κ2) is 7.44. The molecule has 0 spiro atoms. The van der Waals surface area contributed by atoms with Gasteiger partial charge in [0.2, 0.25) is 0 Å². The fourth-order valence-corrected chi connectivity index (χ4v) is 3.72. The van der Waals surface area contributed by atoms with E-state index in [4.69, 9.17) is 11.6 Å². The number of nitrogens with zero attached hydrogens (tertiary/aromatic N) is 5. The topological polar surface area (TPSA) is 101 Å². The normalized spacial score (nSPS) is 12.4. The van der Waals surface area contributed by atoms with Crippen molar-refractivity contribution in [2.45, 2.75) is 13.0 Å². The van der Waals surface area contributed by atoms with Crippen LogP contribution in [0.3, 0.4) is 0 Å².